The van der Waals surface area contributed by atoms with E-state index in [1.165, 1.54) is 0 Å². The second kappa shape index (κ2) is 6.31. The number of hydrogen-bond acceptors (Lipinski definition) is 5. The molecule has 2 aliphatic heterocycles. The molecule has 0 aliphatic carbocycles. The van der Waals surface area contributed by atoms with Crippen LogP contribution >= 0.6 is 0 Å². The zero-order chi connectivity index (χ0) is 17.4. The molecular weight excluding hydrogens is 322 g/mol. The molecule has 0 radical (unpaired) electrons. The largest absolute Gasteiger partial charge is 0.454 e. The minimum atomic E-state index is -0.132. The number of piperidine rings is 1. The highest BCUT2D eigenvalue weighted by molar-refractivity contribution is 5.91. The Hall–Kier alpha value is -2.70. The van der Waals surface area contributed by atoms with Crippen molar-refractivity contribution in [2.45, 2.75) is 39.2 Å². The van der Waals surface area contributed by atoms with Gasteiger partial charge in [0.2, 0.25) is 6.79 Å². The smallest absolute Gasteiger partial charge is 0.322 e. The summed E-state index contributed by atoms with van der Waals surface area (Å²) in [5.41, 5.74) is 2.48. The molecule has 1 unspecified atom stereocenters. The number of nitrogens with one attached hydrogen (secondary N) is 1. The number of likely N-dealkylation sites (tertiary alicyclic amines) is 1. The van der Waals surface area contributed by atoms with Crippen LogP contribution in [0.15, 0.2) is 22.7 Å². The Morgan fingerprint density at radius 2 is 2.00 bits per heavy atom. The molecule has 25 heavy (non-hydrogen) atoms. The monoisotopic (exact) mass is 343 g/mol. The van der Waals surface area contributed by atoms with Crippen molar-refractivity contribution in [3.8, 4) is 11.5 Å². The summed E-state index contributed by atoms with van der Waals surface area (Å²) in [5, 5.41) is 7.12. The maximum Gasteiger partial charge on any atom is 0.322 e. The van der Waals surface area contributed by atoms with E-state index in [0.29, 0.717) is 18.0 Å². The Labute approximate surface area is 145 Å². The molecule has 2 amide bonds. The minimum absolute atomic E-state index is 0.0551. The lowest BCUT2D eigenvalue weighted by Gasteiger charge is -2.34. The van der Waals surface area contributed by atoms with Gasteiger partial charge in [-0.3, -0.25) is 0 Å². The van der Waals surface area contributed by atoms with Gasteiger partial charge in [0.25, 0.3) is 0 Å². The molecule has 0 saturated carbocycles. The van der Waals surface area contributed by atoms with Crippen LogP contribution in [-0.4, -0.2) is 29.4 Å². The molecule has 3 heterocycles. The third kappa shape index (κ3) is 3.01. The fourth-order valence-electron chi connectivity index (χ4n) is 3.39. The van der Waals surface area contributed by atoms with Gasteiger partial charge in [-0.05, 0) is 44.7 Å². The molecule has 0 bridgehead atoms. The van der Waals surface area contributed by atoms with E-state index < -0.39 is 0 Å². The van der Waals surface area contributed by atoms with E-state index in [-0.39, 0.29) is 18.9 Å². The zero-order valence-electron chi connectivity index (χ0n) is 14.4. The number of aromatic nitrogens is 1. The van der Waals surface area contributed by atoms with Crippen LogP contribution < -0.4 is 14.8 Å². The lowest BCUT2D eigenvalue weighted by atomic mass is 9.99. The van der Waals surface area contributed by atoms with E-state index in [1.807, 2.05) is 36.9 Å². The average molecular weight is 343 g/mol. The molecular formula is C18H21N3O4. The number of anilines is 1. The number of carbonyl (C=O) groups excluding carboxylic acids is 1. The van der Waals surface area contributed by atoms with Crippen LogP contribution in [0, 0.1) is 13.8 Å². The van der Waals surface area contributed by atoms with Crippen molar-refractivity contribution in [3.63, 3.8) is 0 Å². The van der Waals surface area contributed by atoms with Crippen LogP contribution in [0.3, 0.4) is 0 Å². The topological polar surface area (TPSA) is 76.8 Å². The number of amides is 2. The Balaban J connectivity index is 1.55. The summed E-state index contributed by atoms with van der Waals surface area (Å²) < 4.78 is 16.0. The minimum Gasteiger partial charge on any atom is -0.454 e. The molecule has 7 heteroatoms. The summed E-state index contributed by atoms with van der Waals surface area (Å²) in [4.78, 5) is 14.7. The quantitative estimate of drug-likeness (QED) is 0.898. The normalized spacial score (nSPS) is 19.1. The van der Waals surface area contributed by atoms with E-state index in [1.54, 1.807) is 0 Å². The van der Waals surface area contributed by atoms with Gasteiger partial charge in [0.1, 0.15) is 11.5 Å². The standard InChI is InChI=1S/C18H21N3O4/c1-11-7-16-17(24-10-23-16)9-13(11)19-18(22)21-6-4-3-5-15(21)14-8-12(2)25-20-14/h7-9,15H,3-6,10H2,1-2H3,(H,19,22). The van der Waals surface area contributed by atoms with Crippen LogP contribution in [0.2, 0.25) is 0 Å². The average Bonchev–Trinajstić information content (AvgIpc) is 3.23. The molecule has 1 atom stereocenters. The number of fused-ring (bicyclic) bond motifs is 1. The van der Waals surface area contributed by atoms with Crippen LogP contribution in [0.4, 0.5) is 10.5 Å². The second-order valence-corrected chi connectivity index (χ2v) is 6.52. The van der Waals surface area contributed by atoms with Crippen molar-refractivity contribution in [3.05, 3.63) is 35.2 Å². The van der Waals surface area contributed by atoms with Crippen LogP contribution in [0.5, 0.6) is 11.5 Å². The van der Waals surface area contributed by atoms with Crippen molar-refractivity contribution >= 4 is 11.7 Å². The lowest BCUT2D eigenvalue weighted by Crippen LogP contribution is -2.41. The summed E-state index contributed by atoms with van der Waals surface area (Å²) >= 11 is 0. The summed E-state index contributed by atoms with van der Waals surface area (Å²) in [6, 6.07) is 5.41. The summed E-state index contributed by atoms with van der Waals surface area (Å²) in [6.07, 6.45) is 2.95. The first-order chi connectivity index (χ1) is 12.1. The van der Waals surface area contributed by atoms with Gasteiger partial charge in [-0.2, -0.15) is 0 Å². The molecule has 2 aliphatic rings. The number of ether oxygens (including phenoxy) is 2. The van der Waals surface area contributed by atoms with E-state index >= 15 is 0 Å². The second-order valence-electron chi connectivity index (χ2n) is 6.52. The van der Waals surface area contributed by atoms with Crippen molar-refractivity contribution in [1.29, 1.82) is 0 Å². The lowest BCUT2D eigenvalue weighted by molar-refractivity contribution is 0.159. The molecule has 4 rings (SSSR count). The summed E-state index contributed by atoms with van der Waals surface area (Å²) in [5.74, 6) is 2.13. The number of urea groups is 1. The molecule has 1 N–H and O–H groups in total. The van der Waals surface area contributed by atoms with E-state index in [9.17, 15) is 4.79 Å². The molecule has 1 fully saturated rings. The Morgan fingerprint density at radius 3 is 2.76 bits per heavy atom. The predicted octanol–water partition coefficient (Wildman–Crippen LogP) is 3.78. The Kier molecular flexibility index (Phi) is 3.99. The van der Waals surface area contributed by atoms with E-state index in [2.05, 4.69) is 10.5 Å². The number of benzene rings is 1. The fourth-order valence-corrected chi connectivity index (χ4v) is 3.39. The predicted molar refractivity (Wildman–Crippen MR) is 90.9 cm³/mol. The van der Waals surface area contributed by atoms with Crippen molar-refractivity contribution in [2.24, 2.45) is 0 Å². The molecule has 2 aromatic rings. The highest BCUT2D eigenvalue weighted by Crippen LogP contribution is 2.37. The van der Waals surface area contributed by atoms with E-state index in [4.69, 9.17) is 14.0 Å². The molecule has 1 aromatic carbocycles. The number of aryl methyl sites for hydroxylation is 2. The highest BCUT2D eigenvalue weighted by Gasteiger charge is 2.30. The van der Waals surface area contributed by atoms with Crippen LogP contribution in [0.25, 0.3) is 0 Å². The maximum atomic E-state index is 12.9. The molecule has 1 saturated heterocycles. The van der Waals surface area contributed by atoms with Gasteiger partial charge < -0.3 is 24.2 Å². The summed E-state index contributed by atoms with van der Waals surface area (Å²) in [7, 11) is 0. The number of carbonyl (C=O) groups is 1. The first kappa shape index (κ1) is 15.8. The van der Waals surface area contributed by atoms with Gasteiger partial charge in [0, 0.05) is 24.4 Å². The first-order valence-corrected chi connectivity index (χ1v) is 8.53. The van der Waals surface area contributed by atoms with Gasteiger partial charge >= 0.3 is 6.03 Å². The van der Waals surface area contributed by atoms with Crippen LogP contribution in [-0.2, 0) is 0 Å². The van der Waals surface area contributed by atoms with Gasteiger partial charge in [-0.1, -0.05) is 5.16 Å². The summed E-state index contributed by atoms with van der Waals surface area (Å²) in [6.45, 7) is 4.71. The maximum absolute atomic E-state index is 12.9. The third-order valence-corrected chi connectivity index (χ3v) is 4.71. The molecule has 1 aromatic heterocycles. The van der Waals surface area contributed by atoms with Gasteiger partial charge in [-0.25, -0.2) is 4.79 Å². The number of rotatable bonds is 2. The number of nitrogens with zero attached hydrogens (tertiary/aromatic N) is 2. The third-order valence-electron chi connectivity index (χ3n) is 4.71. The van der Waals surface area contributed by atoms with E-state index in [0.717, 1.165) is 42.0 Å². The van der Waals surface area contributed by atoms with Gasteiger partial charge in [0.05, 0.1) is 6.04 Å². The zero-order valence-corrected chi connectivity index (χ0v) is 14.4. The van der Waals surface area contributed by atoms with Gasteiger partial charge in [-0.15, -0.1) is 0 Å². The van der Waals surface area contributed by atoms with Crippen molar-refractivity contribution in [2.75, 3.05) is 18.7 Å². The SMILES string of the molecule is Cc1cc(C2CCCCN2C(=O)Nc2cc3c(cc2C)OCO3)no1. The molecule has 0 spiro atoms. The van der Waals surface area contributed by atoms with Crippen molar-refractivity contribution < 1.29 is 18.8 Å². The Morgan fingerprint density at radius 1 is 1.20 bits per heavy atom. The molecule has 7 nitrogen and oxygen atoms in total. The number of hydrogen-bond donors (Lipinski definition) is 1. The van der Waals surface area contributed by atoms with Gasteiger partial charge in [0.15, 0.2) is 11.5 Å². The first-order valence-electron chi connectivity index (χ1n) is 8.53. The highest BCUT2D eigenvalue weighted by atomic mass is 16.7. The Bertz CT molecular complexity index is 802. The fraction of sp³-hybridized carbons (Fsp3) is 0.444. The molecule has 132 valence electrons. The van der Waals surface area contributed by atoms with Crippen LogP contribution in [0.1, 0.15) is 42.3 Å². The van der Waals surface area contributed by atoms with Crippen molar-refractivity contribution in [1.82, 2.24) is 10.1 Å².